The van der Waals surface area contributed by atoms with Gasteiger partial charge in [0.15, 0.2) is 0 Å². The van der Waals surface area contributed by atoms with Gasteiger partial charge in [0.25, 0.3) is 0 Å². The van der Waals surface area contributed by atoms with E-state index < -0.39 is 5.60 Å². The number of ether oxygens (including phenoxy) is 1. The van der Waals surface area contributed by atoms with Crippen LogP contribution in [0, 0.1) is 5.92 Å². The lowest BCUT2D eigenvalue weighted by atomic mass is 9.95. The molecule has 0 spiro atoms. The van der Waals surface area contributed by atoms with Crippen molar-refractivity contribution in [2.75, 3.05) is 19.6 Å². The van der Waals surface area contributed by atoms with Gasteiger partial charge in [0.05, 0.1) is 6.04 Å². The van der Waals surface area contributed by atoms with E-state index in [0.29, 0.717) is 12.5 Å². The summed E-state index contributed by atoms with van der Waals surface area (Å²) in [7, 11) is 0. The summed E-state index contributed by atoms with van der Waals surface area (Å²) in [5.41, 5.74) is -0.728. The van der Waals surface area contributed by atoms with Crippen LogP contribution in [0.1, 0.15) is 75.2 Å². The molecule has 0 unspecified atom stereocenters. The van der Waals surface area contributed by atoms with Crippen LogP contribution in [0.4, 0.5) is 4.79 Å². The molecule has 0 radical (unpaired) electrons. The maximum Gasteiger partial charge on any atom is 0.410 e. The minimum Gasteiger partial charge on any atom is -0.444 e. The van der Waals surface area contributed by atoms with Gasteiger partial charge in [0.2, 0.25) is 5.91 Å². The van der Waals surface area contributed by atoms with E-state index in [2.05, 4.69) is 10.2 Å². The van der Waals surface area contributed by atoms with Crippen molar-refractivity contribution in [3.05, 3.63) is 0 Å². The molecule has 0 aromatic rings. The van der Waals surface area contributed by atoms with Crippen LogP contribution in [-0.4, -0.2) is 64.7 Å². The van der Waals surface area contributed by atoms with Gasteiger partial charge >= 0.3 is 6.09 Å². The largest absolute Gasteiger partial charge is 0.444 e. The third kappa shape index (κ3) is 8.50. The quantitative estimate of drug-likeness (QED) is 0.787. The maximum atomic E-state index is 12.6. The summed E-state index contributed by atoms with van der Waals surface area (Å²) in [6, 6.07) is -0.0853. The van der Waals surface area contributed by atoms with Gasteiger partial charge in [-0.3, -0.25) is 9.69 Å². The smallest absolute Gasteiger partial charge is 0.410 e. The molecule has 0 aromatic carbocycles. The summed E-state index contributed by atoms with van der Waals surface area (Å²) >= 11 is 0. The van der Waals surface area contributed by atoms with E-state index in [0.717, 1.165) is 25.9 Å². The van der Waals surface area contributed by atoms with Gasteiger partial charge in [0.1, 0.15) is 5.60 Å². The molecule has 2 atom stereocenters. The molecule has 1 N–H and O–H groups in total. The van der Waals surface area contributed by atoms with E-state index in [9.17, 15) is 9.59 Å². The van der Waals surface area contributed by atoms with Crippen molar-refractivity contribution in [3.8, 4) is 0 Å². The number of hydrogen-bond acceptors (Lipinski definition) is 4. The first-order valence-electron chi connectivity index (χ1n) is 10.3. The van der Waals surface area contributed by atoms with Crippen molar-refractivity contribution in [2.45, 2.75) is 98.4 Å². The third-order valence-corrected chi connectivity index (χ3v) is 4.68. The Morgan fingerprint density at radius 2 is 1.74 bits per heavy atom. The lowest BCUT2D eigenvalue weighted by molar-refractivity contribution is -0.128. The number of carbonyl (C=O) groups excluding carboxylic acids is 2. The molecule has 6 heteroatoms. The Bertz CT molecular complexity index is 506. The Hall–Kier alpha value is -1.30. The van der Waals surface area contributed by atoms with E-state index in [1.54, 1.807) is 0 Å². The number of carbonyl (C=O) groups is 2. The molecule has 6 nitrogen and oxygen atoms in total. The average Bonchev–Trinajstić information content (AvgIpc) is 2.48. The number of likely N-dealkylation sites (tertiary alicyclic amines) is 1. The molecular formula is C21H41N3O3. The molecule has 1 saturated heterocycles. The molecule has 158 valence electrons. The molecular weight excluding hydrogens is 342 g/mol. The van der Waals surface area contributed by atoms with E-state index in [-0.39, 0.29) is 29.6 Å². The van der Waals surface area contributed by atoms with Crippen molar-refractivity contribution >= 4 is 12.0 Å². The van der Waals surface area contributed by atoms with E-state index >= 15 is 0 Å². The second-order valence-corrected chi connectivity index (χ2v) is 10.1. The lowest BCUT2D eigenvalue weighted by Gasteiger charge is -2.39. The predicted molar refractivity (Wildman–Crippen MR) is 110 cm³/mol. The summed E-state index contributed by atoms with van der Waals surface area (Å²) < 4.78 is 5.58. The highest BCUT2D eigenvalue weighted by Crippen LogP contribution is 2.22. The number of piperidine rings is 1. The Morgan fingerprint density at radius 3 is 2.22 bits per heavy atom. The second kappa shape index (κ2) is 9.26. The van der Waals surface area contributed by atoms with Crippen LogP contribution in [0.2, 0.25) is 0 Å². The molecule has 0 bridgehead atoms. The zero-order valence-corrected chi connectivity index (χ0v) is 18.9. The number of nitrogens with one attached hydrogen (secondary N) is 1. The van der Waals surface area contributed by atoms with Crippen LogP contribution < -0.4 is 5.32 Å². The van der Waals surface area contributed by atoms with Crippen molar-refractivity contribution in [1.29, 1.82) is 0 Å². The molecule has 1 fully saturated rings. The minimum atomic E-state index is -0.498. The van der Waals surface area contributed by atoms with Gasteiger partial charge in [-0.25, -0.2) is 4.79 Å². The predicted octanol–water partition coefficient (Wildman–Crippen LogP) is 3.65. The summed E-state index contributed by atoms with van der Waals surface area (Å²) in [6.45, 7) is 20.1. The highest BCUT2D eigenvalue weighted by atomic mass is 16.6. The van der Waals surface area contributed by atoms with Crippen molar-refractivity contribution in [3.63, 3.8) is 0 Å². The van der Waals surface area contributed by atoms with Crippen LogP contribution in [0.3, 0.4) is 0 Å². The fourth-order valence-corrected chi connectivity index (χ4v) is 3.33. The molecule has 2 amide bonds. The SMILES string of the molecule is CC(C)N(C[C@@H]1CCCN([C@H](C)C(=O)NC(C)(C)C)C1)C(=O)OC(C)(C)C. The molecule has 1 heterocycles. The first-order chi connectivity index (χ1) is 12.2. The highest BCUT2D eigenvalue weighted by Gasteiger charge is 2.32. The van der Waals surface area contributed by atoms with Gasteiger partial charge in [-0.1, -0.05) is 0 Å². The topological polar surface area (TPSA) is 61.9 Å². The Kier molecular flexibility index (Phi) is 8.14. The Balaban J connectivity index is 2.72. The molecule has 0 saturated carbocycles. The van der Waals surface area contributed by atoms with Gasteiger partial charge in [-0.05, 0) is 87.6 Å². The molecule has 1 aliphatic heterocycles. The van der Waals surface area contributed by atoms with Crippen LogP contribution in [-0.2, 0) is 9.53 Å². The lowest BCUT2D eigenvalue weighted by Crippen LogP contribution is -2.54. The van der Waals surface area contributed by atoms with Crippen LogP contribution in [0.5, 0.6) is 0 Å². The zero-order chi connectivity index (χ0) is 21.0. The van der Waals surface area contributed by atoms with Crippen molar-refractivity contribution < 1.29 is 14.3 Å². The van der Waals surface area contributed by atoms with E-state index in [1.165, 1.54) is 0 Å². The minimum absolute atomic E-state index is 0.0657. The normalized spacial score (nSPS) is 20.3. The first kappa shape index (κ1) is 23.7. The highest BCUT2D eigenvalue weighted by molar-refractivity contribution is 5.82. The van der Waals surface area contributed by atoms with Crippen LogP contribution in [0.25, 0.3) is 0 Å². The molecule has 1 aliphatic rings. The standard InChI is InChI=1S/C21H41N3O3/c1-15(2)24(19(26)27-21(7,8)9)14-17-11-10-12-23(13-17)16(3)18(25)22-20(4,5)6/h15-17H,10-14H2,1-9H3,(H,22,25)/t16-,17-/m1/s1. The summed E-state index contributed by atoms with van der Waals surface area (Å²) in [6.07, 6.45) is 1.85. The monoisotopic (exact) mass is 383 g/mol. The first-order valence-corrected chi connectivity index (χ1v) is 10.3. The summed E-state index contributed by atoms with van der Waals surface area (Å²) in [5.74, 6) is 0.412. The molecule has 27 heavy (non-hydrogen) atoms. The van der Waals surface area contributed by atoms with Crippen LogP contribution in [0.15, 0.2) is 0 Å². The number of hydrogen-bond donors (Lipinski definition) is 1. The van der Waals surface area contributed by atoms with Crippen molar-refractivity contribution in [1.82, 2.24) is 15.1 Å². The molecule has 0 aliphatic carbocycles. The molecule has 0 aromatic heterocycles. The zero-order valence-electron chi connectivity index (χ0n) is 18.9. The summed E-state index contributed by atoms with van der Waals surface area (Å²) in [4.78, 5) is 29.2. The third-order valence-electron chi connectivity index (χ3n) is 4.68. The van der Waals surface area contributed by atoms with Gasteiger partial charge < -0.3 is 15.0 Å². The van der Waals surface area contributed by atoms with E-state index in [1.807, 2.05) is 67.2 Å². The number of rotatable bonds is 5. The second-order valence-electron chi connectivity index (χ2n) is 10.1. The Morgan fingerprint density at radius 1 is 1.15 bits per heavy atom. The number of amides is 2. The molecule has 1 rings (SSSR count). The summed E-state index contributed by atoms with van der Waals surface area (Å²) in [5, 5.41) is 3.07. The fourth-order valence-electron chi connectivity index (χ4n) is 3.33. The van der Waals surface area contributed by atoms with Gasteiger partial charge in [0, 0.05) is 24.7 Å². The fraction of sp³-hybridized carbons (Fsp3) is 0.905. The van der Waals surface area contributed by atoms with Gasteiger partial charge in [-0.15, -0.1) is 0 Å². The Labute approximate surface area is 166 Å². The average molecular weight is 384 g/mol. The van der Waals surface area contributed by atoms with E-state index in [4.69, 9.17) is 4.74 Å². The van der Waals surface area contributed by atoms with Crippen LogP contribution >= 0.6 is 0 Å². The van der Waals surface area contributed by atoms with Gasteiger partial charge in [-0.2, -0.15) is 0 Å². The maximum absolute atomic E-state index is 12.6. The number of nitrogens with zero attached hydrogens (tertiary/aromatic N) is 2. The van der Waals surface area contributed by atoms with Crippen molar-refractivity contribution in [2.24, 2.45) is 5.92 Å².